The monoisotopic (exact) mass is 398 g/mol. The first kappa shape index (κ1) is 9.82. The van der Waals surface area contributed by atoms with Gasteiger partial charge in [-0.2, -0.15) is 0 Å². The predicted molar refractivity (Wildman–Crippen MR) is 105 cm³/mol. The number of fused-ring (bicyclic) bond motifs is 5. The quantitative estimate of drug-likeness (QED) is 0.682. The molecule has 7 heteroatoms. The second-order valence-corrected chi connectivity index (χ2v) is 6.94. The Balaban J connectivity index is 1.68. The molecule has 3 aromatic rings. The van der Waals surface area contributed by atoms with Gasteiger partial charge in [0.25, 0.3) is 0 Å². The van der Waals surface area contributed by atoms with Crippen LogP contribution in [0.1, 0.15) is 35.2 Å². The highest BCUT2D eigenvalue weighted by Gasteiger charge is 2.47. The van der Waals surface area contributed by atoms with Gasteiger partial charge in [0, 0.05) is 30.1 Å². The minimum Gasteiger partial charge on any atom is -0.454 e. The number of rotatable bonds is 1. The third-order valence-corrected chi connectivity index (χ3v) is 5.36. The molecule has 2 atom stereocenters. The van der Waals surface area contributed by atoms with Gasteiger partial charge in [-0.3, -0.25) is 9.59 Å². The fourth-order valence-electron chi connectivity index (χ4n) is 4.08. The van der Waals surface area contributed by atoms with Crippen molar-refractivity contribution in [3.8, 4) is 11.5 Å². The average Bonchev–Trinajstić information content (AvgIpc) is 3.38. The van der Waals surface area contributed by atoms with Gasteiger partial charge < -0.3 is 24.3 Å². The molecule has 3 aliphatic heterocycles. The Morgan fingerprint density at radius 2 is 2.07 bits per heavy atom. The standard InChI is InChI=1S/C22H19N3O4/c1-24-10-19(26)25-16(22(24)27)9-14-13-4-2-3-5-15(13)23-20(14)21(25)12-6-7-17-18(8-12)29-11-28-17/h2-8,16,21,23H,9-11H2,1H3/t16-,21?/m1/s1/i2D,3D,4D,5D,10D2,11D2,16D. The van der Waals surface area contributed by atoms with E-state index >= 15 is 0 Å². The van der Waals surface area contributed by atoms with Crippen LogP contribution >= 0.6 is 0 Å². The van der Waals surface area contributed by atoms with Crippen LogP contribution in [0.4, 0.5) is 0 Å². The molecule has 29 heavy (non-hydrogen) atoms. The van der Waals surface area contributed by atoms with E-state index in [1.165, 1.54) is 18.2 Å². The number of amides is 2. The van der Waals surface area contributed by atoms with Crippen molar-refractivity contribution in [1.82, 2.24) is 14.8 Å². The Kier molecular flexibility index (Phi) is 1.95. The third kappa shape index (κ3) is 2.24. The van der Waals surface area contributed by atoms with Crippen molar-refractivity contribution in [2.45, 2.75) is 18.5 Å². The SMILES string of the molecule is [2H]c1c([2H])c([2H])c2c3c([nH]c2c1[2H])C(c1ccc2c(c1)OC([2H])([2H])O2)N1C(=O)C([2H])([2H])N(C)C(=O)[C@@]1([2H])C3. The Morgan fingerprint density at radius 3 is 2.97 bits per heavy atom. The van der Waals surface area contributed by atoms with Crippen LogP contribution < -0.4 is 9.47 Å². The summed E-state index contributed by atoms with van der Waals surface area (Å²) in [4.78, 5) is 31.4. The molecule has 0 radical (unpaired) electrons. The minimum absolute atomic E-state index is 0.0165. The topological polar surface area (TPSA) is 74.9 Å². The summed E-state index contributed by atoms with van der Waals surface area (Å²) in [5.74, 6) is -2.13. The zero-order valence-corrected chi connectivity index (χ0v) is 15.0. The fraction of sp³-hybridized carbons (Fsp3) is 0.273. The number of piperazine rings is 1. The van der Waals surface area contributed by atoms with E-state index in [0.29, 0.717) is 4.90 Å². The molecular weight excluding hydrogens is 370 g/mol. The van der Waals surface area contributed by atoms with E-state index in [-0.39, 0.29) is 51.3 Å². The average molecular weight is 398 g/mol. The Morgan fingerprint density at radius 1 is 1.24 bits per heavy atom. The Labute approximate surface area is 179 Å². The first-order valence-electron chi connectivity index (χ1n) is 13.3. The van der Waals surface area contributed by atoms with E-state index in [9.17, 15) is 11.0 Å². The van der Waals surface area contributed by atoms with Gasteiger partial charge in [0.2, 0.25) is 18.6 Å². The zero-order valence-electron chi connectivity index (χ0n) is 24.0. The number of likely N-dealkylation sites (N-methyl/N-ethyl adjacent to an activating group) is 1. The minimum atomic E-state index is -2.79. The number of nitrogens with one attached hydrogen (secondary N) is 1. The maximum Gasteiger partial charge on any atom is 0.245 e. The van der Waals surface area contributed by atoms with E-state index in [4.69, 9.17) is 20.4 Å². The fourth-order valence-corrected chi connectivity index (χ4v) is 4.08. The first-order chi connectivity index (χ1) is 17.6. The molecule has 1 unspecified atom stereocenters. The first-order valence-corrected chi connectivity index (χ1v) is 8.85. The van der Waals surface area contributed by atoms with Gasteiger partial charge in [0.05, 0.1) is 22.1 Å². The number of H-pyrrole nitrogens is 1. The van der Waals surface area contributed by atoms with E-state index in [1.54, 1.807) is 0 Å². The summed E-state index contributed by atoms with van der Waals surface area (Å²) in [7, 11) is 1.09. The van der Waals surface area contributed by atoms with E-state index in [2.05, 4.69) is 4.98 Å². The molecule has 1 saturated heterocycles. The molecule has 2 aromatic carbocycles. The van der Waals surface area contributed by atoms with Crippen LogP contribution in [0, 0.1) is 0 Å². The van der Waals surface area contributed by atoms with Gasteiger partial charge in [-0.05, 0) is 29.3 Å². The lowest BCUT2D eigenvalue weighted by molar-refractivity contribution is -0.157. The van der Waals surface area contributed by atoms with Crippen molar-refractivity contribution < 1.29 is 31.4 Å². The maximum absolute atomic E-state index is 13.6. The highest BCUT2D eigenvalue weighted by molar-refractivity contribution is 5.97. The smallest absolute Gasteiger partial charge is 0.245 e. The molecule has 146 valence electrons. The number of ether oxygens (including phenoxy) is 2. The van der Waals surface area contributed by atoms with Crippen molar-refractivity contribution in [3.05, 3.63) is 59.2 Å². The van der Waals surface area contributed by atoms with Crippen molar-refractivity contribution in [2.75, 3.05) is 20.3 Å². The summed E-state index contributed by atoms with van der Waals surface area (Å²) < 4.78 is 84.6. The summed E-state index contributed by atoms with van der Waals surface area (Å²) in [6.07, 6.45) is -0.459. The summed E-state index contributed by atoms with van der Waals surface area (Å²) in [5, 5.41) is 0.0656. The molecule has 1 fully saturated rings. The van der Waals surface area contributed by atoms with Crippen LogP contribution in [-0.4, -0.2) is 52.9 Å². The number of hydrogen-bond donors (Lipinski definition) is 1. The molecule has 1 aromatic heterocycles. The number of carbonyl (C=O) groups is 2. The molecular formula is C22H19N3O4. The molecule has 0 aliphatic carbocycles. The summed E-state index contributed by atoms with van der Waals surface area (Å²) >= 11 is 0. The molecule has 0 spiro atoms. The predicted octanol–water partition coefficient (Wildman–Crippen LogP) is 2.21. The summed E-state index contributed by atoms with van der Waals surface area (Å²) in [5.41, 5.74) is 0.625. The van der Waals surface area contributed by atoms with Crippen LogP contribution in [0.5, 0.6) is 11.5 Å². The molecule has 0 saturated carbocycles. The molecule has 7 nitrogen and oxygen atoms in total. The molecule has 1 N–H and O–H groups in total. The van der Waals surface area contributed by atoms with E-state index < -0.39 is 55.6 Å². The highest BCUT2D eigenvalue weighted by atomic mass is 16.7. The number of carbonyl (C=O) groups excluding carboxylic acids is 2. The number of aromatic amines is 1. The van der Waals surface area contributed by atoms with E-state index in [1.807, 2.05) is 0 Å². The summed E-state index contributed by atoms with van der Waals surface area (Å²) in [6, 6.07) is -1.26. The number of benzene rings is 2. The number of hydrogen-bond acceptors (Lipinski definition) is 4. The van der Waals surface area contributed by atoms with Gasteiger partial charge >= 0.3 is 0 Å². The van der Waals surface area contributed by atoms with Crippen LogP contribution in [0.3, 0.4) is 0 Å². The van der Waals surface area contributed by atoms with Gasteiger partial charge in [0.15, 0.2) is 11.5 Å². The van der Waals surface area contributed by atoms with Crippen LogP contribution in [0.25, 0.3) is 10.9 Å². The number of aromatic nitrogens is 1. The molecule has 2 amide bonds. The van der Waals surface area contributed by atoms with Crippen molar-refractivity contribution in [2.24, 2.45) is 0 Å². The van der Waals surface area contributed by atoms with E-state index in [0.717, 1.165) is 11.9 Å². The lowest BCUT2D eigenvalue weighted by Crippen LogP contribution is -2.62. The Hall–Kier alpha value is -3.48. The van der Waals surface area contributed by atoms with Crippen molar-refractivity contribution in [1.29, 1.82) is 0 Å². The lowest BCUT2D eigenvalue weighted by atomic mass is 9.86. The third-order valence-electron chi connectivity index (χ3n) is 5.36. The maximum atomic E-state index is 13.6. The van der Waals surface area contributed by atoms with Crippen LogP contribution in [0.15, 0.2) is 42.4 Å². The second-order valence-electron chi connectivity index (χ2n) is 6.94. The zero-order chi connectivity index (χ0) is 27.7. The lowest BCUT2D eigenvalue weighted by Gasteiger charge is -2.46. The largest absolute Gasteiger partial charge is 0.454 e. The van der Waals surface area contributed by atoms with Gasteiger partial charge in [-0.15, -0.1) is 0 Å². The van der Waals surface area contributed by atoms with Crippen LogP contribution in [-0.2, 0) is 16.0 Å². The van der Waals surface area contributed by atoms with Gasteiger partial charge in [-0.25, -0.2) is 0 Å². The molecule has 3 aliphatic rings. The molecule has 4 heterocycles. The summed E-state index contributed by atoms with van der Waals surface area (Å²) in [6.45, 7) is -5.24. The normalized spacial score (nSPS) is 33.3. The van der Waals surface area contributed by atoms with Gasteiger partial charge in [-0.1, -0.05) is 24.2 Å². The molecule has 0 bridgehead atoms. The van der Waals surface area contributed by atoms with Crippen LogP contribution in [0.2, 0.25) is 0 Å². The Bertz CT molecular complexity index is 1610. The highest BCUT2D eigenvalue weighted by Crippen LogP contribution is 2.44. The van der Waals surface area contributed by atoms with Gasteiger partial charge in [0.1, 0.15) is 8.76 Å². The number of nitrogens with zero attached hydrogens (tertiary/aromatic N) is 2. The number of para-hydroxylation sites is 1. The van der Waals surface area contributed by atoms with Crippen molar-refractivity contribution >= 4 is 22.7 Å². The molecule has 6 rings (SSSR count). The second kappa shape index (κ2) is 5.76. The van der Waals surface area contributed by atoms with Crippen molar-refractivity contribution in [3.63, 3.8) is 0 Å².